The molecule has 84 valence electrons. The van der Waals surface area contributed by atoms with Gasteiger partial charge in [0.25, 0.3) is 0 Å². The Kier molecular flexibility index (Phi) is 5.26. The van der Waals surface area contributed by atoms with Crippen molar-refractivity contribution in [1.82, 2.24) is 5.32 Å². The van der Waals surface area contributed by atoms with Crippen molar-refractivity contribution in [3.8, 4) is 0 Å². The van der Waals surface area contributed by atoms with Crippen molar-refractivity contribution in [2.75, 3.05) is 13.6 Å². The van der Waals surface area contributed by atoms with Gasteiger partial charge < -0.3 is 5.32 Å². The second kappa shape index (κ2) is 6.23. The maximum Gasteiger partial charge on any atom is 0.137 e. The van der Waals surface area contributed by atoms with Crippen LogP contribution in [-0.2, 0) is 6.42 Å². The summed E-state index contributed by atoms with van der Waals surface area (Å²) < 4.78 is 13.5. The summed E-state index contributed by atoms with van der Waals surface area (Å²) >= 11 is 3.20. The maximum absolute atomic E-state index is 13.0. The van der Waals surface area contributed by atoms with Gasteiger partial charge in [-0.3, -0.25) is 0 Å². The average molecular weight is 274 g/mol. The molecule has 0 aliphatic carbocycles. The van der Waals surface area contributed by atoms with E-state index >= 15 is 0 Å². The predicted octanol–water partition coefficient (Wildman–Crippen LogP) is 3.38. The van der Waals surface area contributed by atoms with Gasteiger partial charge in [-0.15, -0.1) is 0 Å². The lowest BCUT2D eigenvalue weighted by molar-refractivity contribution is 0.514. The van der Waals surface area contributed by atoms with E-state index < -0.39 is 0 Å². The van der Waals surface area contributed by atoms with Crippen LogP contribution in [0.3, 0.4) is 0 Å². The van der Waals surface area contributed by atoms with E-state index in [1.807, 2.05) is 19.2 Å². The van der Waals surface area contributed by atoms with Gasteiger partial charge in [-0.05, 0) is 66.0 Å². The van der Waals surface area contributed by atoms with E-state index in [4.69, 9.17) is 0 Å². The second-order valence-corrected chi connectivity index (χ2v) is 4.80. The molecule has 0 amide bonds. The summed E-state index contributed by atoms with van der Waals surface area (Å²) in [6, 6.07) is 5.24. The number of rotatable bonds is 5. The molecule has 1 atom stereocenters. The molecule has 0 spiro atoms. The lowest BCUT2D eigenvalue weighted by Gasteiger charge is -2.11. The van der Waals surface area contributed by atoms with Crippen LogP contribution in [0.2, 0.25) is 0 Å². The monoisotopic (exact) mass is 273 g/mol. The molecule has 1 aromatic rings. The topological polar surface area (TPSA) is 12.0 Å². The van der Waals surface area contributed by atoms with E-state index in [9.17, 15) is 4.39 Å². The van der Waals surface area contributed by atoms with E-state index in [-0.39, 0.29) is 5.82 Å². The third-order valence-corrected chi connectivity index (χ3v) is 3.06. The normalized spacial score (nSPS) is 12.8. The lowest BCUT2D eigenvalue weighted by Crippen LogP contribution is -2.12. The van der Waals surface area contributed by atoms with Crippen molar-refractivity contribution in [3.63, 3.8) is 0 Å². The third-order valence-electron chi connectivity index (χ3n) is 2.46. The molecular formula is C12H17BrFN. The molecule has 0 saturated heterocycles. The highest BCUT2D eigenvalue weighted by Crippen LogP contribution is 2.19. The van der Waals surface area contributed by atoms with E-state index in [1.165, 1.54) is 11.6 Å². The Morgan fingerprint density at radius 1 is 1.47 bits per heavy atom. The minimum Gasteiger partial charge on any atom is -0.320 e. The lowest BCUT2D eigenvalue weighted by atomic mass is 9.98. The summed E-state index contributed by atoms with van der Waals surface area (Å²) in [4.78, 5) is 0. The molecule has 1 N–H and O–H groups in total. The third kappa shape index (κ3) is 4.31. The van der Waals surface area contributed by atoms with Crippen LogP contribution in [0, 0.1) is 11.7 Å². The molecule has 0 radical (unpaired) electrons. The molecule has 0 heterocycles. The van der Waals surface area contributed by atoms with Crippen LogP contribution in [0.1, 0.15) is 18.9 Å². The van der Waals surface area contributed by atoms with E-state index in [2.05, 4.69) is 28.2 Å². The highest BCUT2D eigenvalue weighted by molar-refractivity contribution is 9.10. The van der Waals surface area contributed by atoms with Gasteiger partial charge in [0.05, 0.1) is 4.47 Å². The van der Waals surface area contributed by atoms with Crippen LogP contribution in [-0.4, -0.2) is 13.6 Å². The Hall–Kier alpha value is -0.410. The summed E-state index contributed by atoms with van der Waals surface area (Å²) in [5, 5.41) is 3.14. The Labute approximate surface area is 99.2 Å². The largest absolute Gasteiger partial charge is 0.320 e. The highest BCUT2D eigenvalue weighted by Gasteiger charge is 2.05. The van der Waals surface area contributed by atoms with E-state index in [1.54, 1.807) is 0 Å². The van der Waals surface area contributed by atoms with Crippen LogP contribution >= 0.6 is 15.9 Å². The molecule has 1 rings (SSSR count). The fraction of sp³-hybridized carbons (Fsp3) is 0.500. The first kappa shape index (κ1) is 12.7. The molecule has 0 aromatic heterocycles. The first-order valence-corrected chi connectivity index (χ1v) is 6.01. The smallest absolute Gasteiger partial charge is 0.137 e. The fourth-order valence-corrected chi connectivity index (χ4v) is 1.99. The second-order valence-electron chi connectivity index (χ2n) is 3.95. The minimum atomic E-state index is -0.193. The zero-order valence-corrected chi connectivity index (χ0v) is 10.8. The van der Waals surface area contributed by atoms with Gasteiger partial charge in [-0.25, -0.2) is 4.39 Å². The molecule has 0 aliphatic rings. The summed E-state index contributed by atoms with van der Waals surface area (Å²) in [5.41, 5.74) is 1.19. The van der Waals surface area contributed by atoms with Crippen LogP contribution < -0.4 is 5.32 Å². The van der Waals surface area contributed by atoms with E-state index in [0.29, 0.717) is 10.4 Å². The zero-order chi connectivity index (χ0) is 11.3. The Morgan fingerprint density at radius 3 is 2.80 bits per heavy atom. The predicted molar refractivity (Wildman–Crippen MR) is 65.5 cm³/mol. The molecule has 15 heavy (non-hydrogen) atoms. The fourth-order valence-electron chi connectivity index (χ4n) is 1.56. The van der Waals surface area contributed by atoms with Crippen molar-refractivity contribution in [2.24, 2.45) is 5.92 Å². The number of halogens is 2. The molecule has 0 bridgehead atoms. The molecule has 1 aromatic carbocycles. The first-order chi connectivity index (χ1) is 7.13. The van der Waals surface area contributed by atoms with Gasteiger partial charge in [0.15, 0.2) is 0 Å². The van der Waals surface area contributed by atoms with Gasteiger partial charge in [-0.2, -0.15) is 0 Å². The Morgan fingerprint density at radius 2 is 2.20 bits per heavy atom. The van der Waals surface area contributed by atoms with Gasteiger partial charge >= 0.3 is 0 Å². The summed E-state index contributed by atoms with van der Waals surface area (Å²) in [7, 11) is 1.96. The SMILES string of the molecule is CNCCC(C)Cc1ccc(F)c(Br)c1. The van der Waals surface area contributed by atoms with Crippen molar-refractivity contribution < 1.29 is 4.39 Å². The van der Waals surface area contributed by atoms with Gasteiger partial charge in [-0.1, -0.05) is 13.0 Å². The Balaban J connectivity index is 2.53. The molecule has 3 heteroatoms. The highest BCUT2D eigenvalue weighted by atomic mass is 79.9. The van der Waals surface area contributed by atoms with Crippen molar-refractivity contribution in [2.45, 2.75) is 19.8 Å². The quantitative estimate of drug-likeness (QED) is 0.868. The molecule has 0 saturated carbocycles. The standard InChI is InChI=1S/C12H17BrFN/c1-9(5-6-15-2)7-10-3-4-12(14)11(13)8-10/h3-4,8-9,15H,5-7H2,1-2H3. The van der Waals surface area contributed by atoms with Gasteiger partial charge in [0.2, 0.25) is 0 Å². The minimum absolute atomic E-state index is 0.193. The zero-order valence-electron chi connectivity index (χ0n) is 9.19. The van der Waals surface area contributed by atoms with Crippen LogP contribution in [0.15, 0.2) is 22.7 Å². The van der Waals surface area contributed by atoms with Crippen molar-refractivity contribution >= 4 is 15.9 Å². The molecule has 0 fully saturated rings. The summed E-state index contributed by atoms with van der Waals surface area (Å²) in [6.45, 7) is 3.25. The van der Waals surface area contributed by atoms with Crippen LogP contribution in [0.5, 0.6) is 0 Å². The number of benzene rings is 1. The summed E-state index contributed by atoms with van der Waals surface area (Å²) in [5.74, 6) is 0.427. The Bertz CT molecular complexity index is 314. The van der Waals surface area contributed by atoms with Gasteiger partial charge in [0, 0.05) is 0 Å². The number of hydrogen-bond donors (Lipinski definition) is 1. The number of nitrogens with one attached hydrogen (secondary N) is 1. The maximum atomic E-state index is 13.0. The first-order valence-electron chi connectivity index (χ1n) is 5.22. The summed E-state index contributed by atoms with van der Waals surface area (Å²) in [6.07, 6.45) is 2.14. The van der Waals surface area contributed by atoms with Crippen LogP contribution in [0.4, 0.5) is 4.39 Å². The molecule has 1 unspecified atom stereocenters. The van der Waals surface area contributed by atoms with Gasteiger partial charge in [0.1, 0.15) is 5.82 Å². The van der Waals surface area contributed by atoms with Crippen LogP contribution in [0.25, 0.3) is 0 Å². The van der Waals surface area contributed by atoms with E-state index in [0.717, 1.165) is 19.4 Å². The molecule has 0 aliphatic heterocycles. The average Bonchev–Trinajstić information content (AvgIpc) is 2.20. The molecule has 1 nitrogen and oxygen atoms in total. The van der Waals surface area contributed by atoms with Crippen molar-refractivity contribution in [3.05, 3.63) is 34.1 Å². The molecular weight excluding hydrogens is 257 g/mol. The van der Waals surface area contributed by atoms with Crippen molar-refractivity contribution in [1.29, 1.82) is 0 Å². The number of hydrogen-bond acceptors (Lipinski definition) is 1.